The molecular weight excluding hydrogens is 473 g/mol. The average Bonchev–Trinajstić information content (AvgIpc) is 2.72. The molecule has 0 aliphatic carbocycles. The van der Waals surface area contributed by atoms with E-state index in [1.54, 1.807) is 31.2 Å². The first-order chi connectivity index (χ1) is 14.9. The summed E-state index contributed by atoms with van der Waals surface area (Å²) in [5.41, 5.74) is 0.759. The van der Waals surface area contributed by atoms with Gasteiger partial charge >= 0.3 is 0 Å². The lowest BCUT2D eigenvalue weighted by Gasteiger charge is -2.30. The van der Waals surface area contributed by atoms with Crippen molar-refractivity contribution < 1.29 is 18.0 Å². The summed E-state index contributed by atoms with van der Waals surface area (Å²) in [6.07, 6.45) is 0. The smallest absolute Gasteiger partial charge is 0.243 e. The predicted molar refractivity (Wildman–Crippen MR) is 126 cm³/mol. The first kappa shape index (κ1) is 26.1. The number of benzene rings is 2. The largest absolute Gasteiger partial charge is 0.352 e. The van der Waals surface area contributed by atoms with E-state index in [4.69, 9.17) is 23.2 Å². The van der Waals surface area contributed by atoms with Gasteiger partial charge in [-0.1, -0.05) is 35.3 Å². The van der Waals surface area contributed by atoms with Crippen molar-refractivity contribution in [3.63, 3.8) is 0 Å². The molecule has 32 heavy (non-hydrogen) atoms. The molecule has 1 atom stereocenters. The number of carbonyl (C=O) groups is 2. The molecule has 10 heteroatoms. The summed E-state index contributed by atoms with van der Waals surface area (Å²) in [6.45, 7) is 4.94. The second-order valence-electron chi connectivity index (χ2n) is 7.70. The standard InChI is InChI=1S/C22H27Cl2N3O4S/c1-15(2)25-22(29)16(3)27(13-17-5-7-18(23)8-6-17)21(28)14-26(4)32(30,31)20-11-9-19(24)10-12-20/h5-12,15-16H,13-14H2,1-4H3,(H,25,29). The topological polar surface area (TPSA) is 86.8 Å². The molecular formula is C22H27Cl2N3O4S. The SMILES string of the molecule is CC(C)NC(=O)C(C)N(Cc1ccc(Cl)cc1)C(=O)CN(C)S(=O)(=O)c1ccc(Cl)cc1. The van der Waals surface area contributed by atoms with Gasteiger partial charge in [-0.3, -0.25) is 9.59 Å². The van der Waals surface area contributed by atoms with Crippen LogP contribution in [0.1, 0.15) is 26.3 Å². The van der Waals surface area contributed by atoms with Crippen molar-refractivity contribution in [1.29, 1.82) is 0 Å². The fourth-order valence-corrected chi connectivity index (χ4v) is 4.30. The van der Waals surface area contributed by atoms with E-state index >= 15 is 0 Å². The molecule has 2 aromatic carbocycles. The van der Waals surface area contributed by atoms with Gasteiger partial charge in [0.05, 0.1) is 11.4 Å². The molecule has 174 valence electrons. The number of rotatable bonds is 9. The molecule has 0 fully saturated rings. The van der Waals surface area contributed by atoms with Gasteiger partial charge in [0.1, 0.15) is 6.04 Å². The van der Waals surface area contributed by atoms with Crippen LogP contribution in [-0.4, -0.2) is 55.1 Å². The zero-order valence-electron chi connectivity index (χ0n) is 18.4. The van der Waals surface area contributed by atoms with Crippen molar-refractivity contribution in [2.24, 2.45) is 0 Å². The Morgan fingerprint density at radius 2 is 1.44 bits per heavy atom. The quantitative estimate of drug-likeness (QED) is 0.571. The van der Waals surface area contributed by atoms with Crippen LogP contribution in [0.4, 0.5) is 0 Å². The summed E-state index contributed by atoms with van der Waals surface area (Å²) in [5.74, 6) is -0.836. The van der Waals surface area contributed by atoms with E-state index in [9.17, 15) is 18.0 Å². The highest BCUT2D eigenvalue weighted by Gasteiger charge is 2.30. The molecule has 0 aliphatic rings. The maximum absolute atomic E-state index is 13.2. The van der Waals surface area contributed by atoms with Crippen LogP contribution in [0.15, 0.2) is 53.4 Å². The Kier molecular flexibility index (Phi) is 9.09. The number of hydrogen-bond acceptors (Lipinski definition) is 4. The minimum absolute atomic E-state index is 0.0204. The lowest BCUT2D eigenvalue weighted by Crippen LogP contribution is -2.51. The number of hydrogen-bond donors (Lipinski definition) is 1. The van der Waals surface area contributed by atoms with Gasteiger partial charge in [0.25, 0.3) is 0 Å². The lowest BCUT2D eigenvalue weighted by molar-refractivity contribution is -0.140. The highest BCUT2D eigenvalue weighted by Crippen LogP contribution is 2.19. The van der Waals surface area contributed by atoms with Crippen molar-refractivity contribution in [2.45, 2.75) is 44.3 Å². The van der Waals surface area contributed by atoms with E-state index in [0.717, 1.165) is 9.87 Å². The van der Waals surface area contributed by atoms with Crippen LogP contribution in [0.3, 0.4) is 0 Å². The third-order valence-electron chi connectivity index (χ3n) is 4.74. The van der Waals surface area contributed by atoms with E-state index in [0.29, 0.717) is 10.0 Å². The summed E-state index contributed by atoms with van der Waals surface area (Å²) < 4.78 is 26.7. The summed E-state index contributed by atoms with van der Waals surface area (Å²) in [6, 6.07) is 11.7. The molecule has 7 nitrogen and oxygen atoms in total. The monoisotopic (exact) mass is 499 g/mol. The number of nitrogens with one attached hydrogen (secondary N) is 1. The van der Waals surface area contributed by atoms with Gasteiger partial charge in [0, 0.05) is 29.7 Å². The zero-order chi connectivity index (χ0) is 24.1. The van der Waals surface area contributed by atoms with Crippen LogP contribution in [0.2, 0.25) is 10.0 Å². The van der Waals surface area contributed by atoms with Gasteiger partial charge < -0.3 is 10.2 Å². The molecule has 0 aromatic heterocycles. The minimum atomic E-state index is -3.92. The fraction of sp³-hybridized carbons (Fsp3) is 0.364. The molecule has 0 saturated carbocycles. The van der Waals surface area contributed by atoms with Gasteiger partial charge in [0.15, 0.2) is 0 Å². The average molecular weight is 500 g/mol. The van der Waals surface area contributed by atoms with Crippen LogP contribution in [0, 0.1) is 0 Å². The Morgan fingerprint density at radius 1 is 0.938 bits per heavy atom. The number of carbonyl (C=O) groups excluding carboxylic acids is 2. The summed E-state index contributed by atoms with van der Waals surface area (Å²) in [4.78, 5) is 27.2. The minimum Gasteiger partial charge on any atom is -0.352 e. The maximum Gasteiger partial charge on any atom is 0.243 e. The number of sulfonamides is 1. The van der Waals surface area contributed by atoms with Gasteiger partial charge in [-0.15, -0.1) is 0 Å². The molecule has 0 aliphatic heterocycles. The number of nitrogens with zero attached hydrogens (tertiary/aromatic N) is 2. The van der Waals surface area contributed by atoms with Crippen molar-refractivity contribution in [3.05, 3.63) is 64.1 Å². The van der Waals surface area contributed by atoms with E-state index in [-0.39, 0.29) is 23.4 Å². The summed E-state index contributed by atoms with van der Waals surface area (Å²) in [5, 5.41) is 3.74. The lowest BCUT2D eigenvalue weighted by atomic mass is 10.1. The predicted octanol–water partition coefficient (Wildman–Crippen LogP) is 3.56. The van der Waals surface area contributed by atoms with Crippen LogP contribution in [-0.2, 0) is 26.2 Å². The van der Waals surface area contributed by atoms with Crippen molar-refractivity contribution >= 4 is 45.0 Å². The molecule has 0 saturated heterocycles. The Morgan fingerprint density at radius 3 is 1.94 bits per heavy atom. The Labute approximate surface area is 199 Å². The second kappa shape index (κ2) is 11.1. The molecule has 0 radical (unpaired) electrons. The van der Waals surface area contributed by atoms with E-state index < -0.39 is 28.5 Å². The normalized spacial score (nSPS) is 12.6. The van der Waals surface area contributed by atoms with Crippen molar-refractivity contribution in [2.75, 3.05) is 13.6 Å². The second-order valence-corrected chi connectivity index (χ2v) is 10.6. The van der Waals surface area contributed by atoms with E-state index in [2.05, 4.69) is 5.32 Å². The highest BCUT2D eigenvalue weighted by atomic mass is 35.5. The van der Waals surface area contributed by atoms with Crippen LogP contribution in [0.25, 0.3) is 0 Å². The number of halogens is 2. The molecule has 1 N–H and O–H groups in total. The number of amides is 2. The Balaban J connectivity index is 2.26. The molecule has 2 amide bonds. The molecule has 0 spiro atoms. The third kappa shape index (κ3) is 6.93. The maximum atomic E-state index is 13.2. The summed E-state index contributed by atoms with van der Waals surface area (Å²) >= 11 is 11.8. The highest BCUT2D eigenvalue weighted by molar-refractivity contribution is 7.89. The van der Waals surface area contributed by atoms with Crippen LogP contribution in [0.5, 0.6) is 0 Å². The molecule has 2 rings (SSSR count). The first-order valence-electron chi connectivity index (χ1n) is 9.98. The van der Waals surface area contributed by atoms with Gasteiger partial charge in [-0.25, -0.2) is 8.42 Å². The first-order valence-corrected chi connectivity index (χ1v) is 12.2. The van der Waals surface area contributed by atoms with Crippen LogP contribution < -0.4 is 5.32 Å². The number of likely N-dealkylation sites (N-methyl/N-ethyl adjacent to an activating group) is 1. The molecule has 1 unspecified atom stereocenters. The third-order valence-corrected chi connectivity index (χ3v) is 7.07. The fourth-order valence-electron chi connectivity index (χ4n) is 2.93. The zero-order valence-corrected chi connectivity index (χ0v) is 20.7. The van der Waals surface area contributed by atoms with Crippen LogP contribution >= 0.6 is 23.2 Å². The molecule has 0 bridgehead atoms. The van der Waals surface area contributed by atoms with Gasteiger partial charge in [-0.05, 0) is 62.7 Å². The Hall–Kier alpha value is -2.13. The van der Waals surface area contributed by atoms with E-state index in [1.807, 2.05) is 13.8 Å². The van der Waals surface area contributed by atoms with E-state index in [1.165, 1.54) is 36.2 Å². The van der Waals surface area contributed by atoms with Crippen molar-refractivity contribution in [1.82, 2.24) is 14.5 Å². The van der Waals surface area contributed by atoms with Crippen molar-refractivity contribution in [3.8, 4) is 0 Å². The van der Waals surface area contributed by atoms with Gasteiger partial charge in [0.2, 0.25) is 21.8 Å². The molecule has 2 aromatic rings. The van der Waals surface area contributed by atoms with Gasteiger partial charge in [-0.2, -0.15) is 4.31 Å². The summed E-state index contributed by atoms with van der Waals surface area (Å²) in [7, 11) is -2.60. The molecule has 0 heterocycles. The Bertz CT molecular complexity index is 1040.